The van der Waals surface area contributed by atoms with Crippen molar-refractivity contribution in [2.45, 2.75) is 12.8 Å². The molecule has 0 unspecified atom stereocenters. The Hall–Kier alpha value is -4.24. The van der Waals surface area contributed by atoms with Crippen molar-refractivity contribution in [1.82, 2.24) is 9.97 Å². The lowest BCUT2D eigenvalue weighted by molar-refractivity contribution is -0.116. The van der Waals surface area contributed by atoms with Crippen molar-refractivity contribution in [1.29, 1.82) is 0 Å². The van der Waals surface area contributed by atoms with Crippen molar-refractivity contribution in [2.24, 2.45) is 0 Å². The molecular weight excluding hydrogens is 440 g/mol. The molecule has 166 valence electrons. The number of pyridine rings is 1. The van der Waals surface area contributed by atoms with E-state index < -0.39 is 11.5 Å². The van der Waals surface area contributed by atoms with Crippen LogP contribution in [0.5, 0.6) is 11.5 Å². The Morgan fingerprint density at radius 3 is 2.45 bits per heavy atom. The van der Waals surface area contributed by atoms with Crippen molar-refractivity contribution < 1.29 is 14.3 Å². The molecule has 4 rings (SSSR count). The first-order valence-electron chi connectivity index (χ1n) is 10.1. The van der Waals surface area contributed by atoms with Crippen LogP contribution in [0.25, 0.3) is 0 Å². The molecule has 0 fully saturated rings. The monoisotopic (exact) mass is 460 g/mol. The number of carbonyl (C=O) groups excluding carboxylic acids is 2. The molecule has 2 heterocycles. The number of nitrogens with zero attached hydrogens (tertiary/aromatic N) is 1. The summed E-state index contributed by atoms with van der Waals surface area (Å²) in [5.41, 5.74) is 0.885. The van der Waals surface area contributed by atoms with Crippen LogP contribution >= 0.6 is 11.3 Å². The number of thiazole rings is 1. The minimum Gasteiger partial charge on any atom is -0.457 e. The van der Waals surface area contributed by atoms with Crippen molar-refractivity contribution in [3.05, 3.63) is 99.9 Å². The van der Waals surface area contributed by atoms with Crippen LogP contribution in [0.4, 0.5) is 10.8 Å². The number of aromatic amines is 1. The molecule has 0 saturated heterocycles. The fraction of sp³-hybridized carbons (Fsp3) is 0.0833. The third-order valence-electron chi connectivity index (χ3n) is 4.56. The summed E-state index contributed by atoms with van der Waals surface area (Å²) >= 11 is 1.24. The van der Waals surface area contributed by atoms with Crippen LogP contribution in [0.3, 0.4) is 0 Å². The summed E-state index contributed by atoms with van der Waals surface area (Å²) in [6.45, 7) is 0. The predicted octanol–water partition coefficient (Wildman–Crippen LogP) is 4.45. The van der Waals surface area contributed by atoms with Gasteiger partial charge in [0.25, 0.3) is 11.5 Å². The van der Waals surface area contributed by atoms with Gasteiger partial charge in [-0.1, -0.05) is 18.2 Å². The number of hydrogen-bond donors (Lipinski definition) is 3. The highest BCUT2D eigenvalue weighted by Gasteiger charge is 2.13. The Balaban J connectivity index is 1.25. The second-order valence-electron chi connectivity index (χ2n) is 7.00. The largest absolute Gasteiger partial charge is 0.457 e. The highest BCUT2D eigenvalue weighted by atomic mass is 32.1. The molecule has 0 aliphatic heterocycles. The third-order valence-corrected chi connectivity index (χ3v) is 5.37. The van der Waals surface area contributed by atoms with E-state index in [0.717, 1.165) is 5.75 Å². The lowest BCUT2D eigenvalue weighted by Crippen LogP contribution is -2.22. The molecule has 0 atom stereocenters. The Kier molecular flexibility index (Phi) is 6.91. The second kappa shape index (κ2) is 10.4. The average Bonchev–Trinajstić information content (AvgIpc) is 3.27. The number of para-hydroxylation sites is 1. The molecule has 3 N–H and O–H groups in total. The number of ether oxygens (including phenoxy) is 1. The van der Waals surface area contributed by atoms with Gasteiger partial charge in [-0.05, 0) is 55.0 Å². The van der Waals surface area contributed by atoms with Gasteiger partial charge in [0.05, 0.1) is 5.69 Å². The van der Waals surface area contributed by atoms with Crippen molar-refractivity contribution >= 4 is 34.0 Å². The standard InChI is InChI=1S/C24H20N4O4S/c29-21(26-16-8-11-19(12-9-16)32-18-5-2-1-3-6-18)13-10-17-15-33-24(27-17)28-23(31)20-7-4-14-25-22(20)30/h1-9,11-12,14-15H,10,13H2,(H,25,30)(H,26,29)(H,27,28,31). The molecular formula is C24H20N4O4S. The summed E-state index contributed by atoms with van der Waals surface area (Å²) in [4.78, 5) is 43.0. The molecule has 2 amide bonds. The number of anilines is 2. The Morgan fingerprint density at radius 1 is 0.939 bits per heavy atom. The first-order chi connectivity index (χ1) is 16.1. The van der Waals surface area contributed by atoms with E-state index in [1.165, 1.54) is 23.6 Å². The van der Waals surface area contributed by atoms with Gasteiger partial charge in [-0.25, -0.2) is 4.98 Å². The van der Waals surface area contributed by atoms with Gasteiger partial charge in [-0.3, -0.25) is 19.7 Å². The quantitative estimate of drug-likeness (QED) is 0.360. The van der Waals surface area contributed by atoms with E-state index in [1.807, 2.05) is 30.3 Å². The Morgan fingerprint density at radius 2 is 1.70 bits per heavy atom. The number of aryl methyl sites for hydroxylation is 1. The highest BCUT2D eigenvalue weighted by molar-refractivity contribution is 7.14. The number of rotatable bonds is 8. The number of H-pyrrole nitrogens is 1. The SMILES string of the molecule is O=C(CCc1csc(NC(=O)c2ccc[nH]c2=O)n1)Nc1ccc(Oc2ccccc2)cc1. The van der Waals surface area contributed by atoms with Crippen LogP contribution < -0.4 is 20.9 Å². The average molecular weight is 461 g/mol. The van der Waals surface area contributed by atoms with Gasteiger partial charge in [-0.2, -0.15) is 0 Å². The van der Waals surface area contributed by atoms with E-state index in [0.29, 0.717) is 28.7 Å². The maximum atomic E-state index is 12.3. The predicted molar refractivity (Wildman–Crippen MR) is 127 cm³/mol. The van der Waals surface area contributed by atoms with Gasteiger partial charge >= 0.3 is 0 Å². The zero-order valence-corrected chi connectivity index (χ0v) is 18.2. The topological polar surface area (TPSA) is 113 Å². The maximum Gasteiger partial charge on any atom is 0.263 e. The third kappa shape index (κ3) is 6.14. The van der Waals surface area contributed by atoms with Crippen LogP contribution in [-0.2, 0) is 11.2 Å². The lowest BCUT2D eigenvalue weighted by atomic mass is 10.2. The molecule has 0 spiro atoms. The first-order valence-corrected chi connectivity index (χ1v) is 11.0. The van der Waals surface area contributed by atoms with Gasteiger partial charge < -0.3 is 15.0 Å². The summed E-state index contributed by atoms with van der Waals surface area (Å²) in [5.74, 6) is 0.730. The lowest BCUT2D eigenvalue weighted by Gasteiger charge is -2.08. The molecule has 0 aliphatic rings. The van der Waals surface area contributed by atoms with Crippen molar-refractivity contribution in [3.63, 3.8) is 0 Å². The van der Waals surface area contributed by atoms with E-state index in [9.17, 15) is 14.4 Å². The Labute approximate surface area is 193 Å². The van der Waals surface area contributed by atoms with Crippen molar-refractivity contribution in [3.8, 4) is 11.5 Å². The number of benzene rings is 2. The first kappa shape index (κ1) is 22.0. The summed E-state index contributed by atoms with van der Waals surface area (Å²) in [6.07, 6.45) is 2.11. The highest BCUT2D eigenvalue weighted by Crippen LogP contribution is 2.23. The van der Waals surface area contributed by atoms with Crippen LogP contribution in [0.1, 0.15) is 22.5 Å². The molecule has 0 radical (unpaired) electrons. The van der Waals surface area contributed by atoms with E-state index in [-0.39, 0.29) is 17.9 Å². The molecule has 9 heteroatoms. The smallest absolute Gasteiger partial charge is 0.263 e. The molecule has 0 aliphatic carbocycles. The summed E-state index contributed by atoms with van der Waals surface area (Å²) < 4.78 is 5.74. The maximum absolute atomic E-state index is 12.3. The van der Waals surface area contributed by atoms with E-state index in [2.05, 4.69) is 20.6 Å². The second-order valence-corrected chi connectivity index (χ2v) is 7.86. The zero-order valence-electron chi connectivity index (χ0n) is 17.4. The summed E-state index contributed by atoms with van der Waals surface area (Å²) in [6, 6.07) is 19.6. The van der Waals surface area contributed by atoms with Crippen molar-refractivity contribution in [2.75, 3.05) is 10.6 Å². The van der Waals surface area contributed by atoms with E-state index in [1.54, 1.807) is 35.7 Å². The molecule has 8 nitrogen and oxygen atoms in total. The zero-order chi connectivity index (χ0) is 23.0. The minimum atomic E-state index is -0.532. The van der Waals surface area contributed by atoms with Crippen LogP contribution in [0.2, 0.25) is 0 Å². The molecule has 2 aromatic heterocycles. The number of nitrogens with one attached hydrogen (secondary N) is 3. The minimum absolute atomic E-state index is 0.00816. The van der Waals surface area contributed by atoms with Gasteiger partial charge in [0.15, 0.2) is 5.13 Å². The van der Waals surface area contributed by atoms with Crippen LogP contribution in [0.15, 0.2) is 83.1 Å². The van der Waals surface area contributed by atoms with Gasteiger partial charge in [-0.15, -0.1) is 11.3 Å². The van der Waals surface area contributed by atoms with Gasteiger partial charge in [0, 0.05) is 23.7 Å². The number of amides is 2. The van der Waals surface area contributed by atoms with Crippen LogP contribution in [0, 0.1) is 0 Å². The normalized spacial score (nSPS) is 10.4. The molecule has 4 aromatic rings. The molecule has 0 saturated carbocycles. The molecule has 33 heavy (non-hydrogen) atoms. The summed E-state index contributed by atoms with van der Waals surface area (Å²) in [7, 11) is 0. The van der Waals surface area contributed by atoms with E-state index >= 15 is 0 Å². The molecule has 0 bridgehead atoms. The van der Waals surface area contributed by atoms with E-state index in [4.69, 9.17) is 4.74 Å². The van der Waals surface area contributed by atoms with Gasteiger partial charge in [0.1, 0.15) is 17.1 Å². The summed E-state index contributed by atoms with van der Waals surface area (Å²) in [5, 5.41) is 7.59. The van der Waals surface area contributed by atoms with Gasteiger partial charge in [0.2, 0.25) is 5.91 Å². The number of carbonyl (C=O) groups is 2. The number of aromatic nitrogens is 2. The van der Waals surface area contributed by atoms with Crippen LogP contribution in [-0.4, -0.2) is 21.8 Å². The molecule has 2 aromatic carbocycles. The fourth-order valence-corrected chi connectivity index (χ4v) is 3.68. The fourth-order valence-electron chi connectivity index (χ4n) is 2.94. The Bertz CT molecular complexity index is 1300. The number of hydrogen-bond acceptors (Lipinski definition) is 6.